The normalized spacial score (nSPS) is 30.5. The fraction of sp³-hybridized carbons (Fsp3) is 1.00. The Morgan fingerprint density at radius 3 is 1.76 bits per heavy atom. The molecule has 2 saturated carbocycles. The van der Waals surface area contributed by atoms with Crippen LogP contribution in [0, 0.1) is 17.8 Å². The van der Waals surface area contributed by atoms with Gasteiger partial charge in [0.2, 0.25) is 0 Å². The lowest BCUT2D eigenvalue weighted by atomic mass is 9.67. The third-order valence-electron chi connectivity index (χ3n) is 8.40. The third-order valence-corrected chi connectivity index (χ3v) is 8.40. The maximum absolute atomic E-state index is 6.40. The second-order valence-corrected chi connectivity index (χ2v) is 10.6. The molecule has 2 rings (SSSR count). The van der Waals surface area contributed by atoms with Gasteiger partial charge in [-0.25, -0.2) is 0 Å². The first kappa shape index (κ1) is 25.2. The Bertz CT molecular complexity index is 374. The molecule has 0 bridgehead atoms. The number of unbranched alkanes of at least 4 members (excludes halogenated alkanes) is 8. The average molecular weight is 407 g/mol. The van der Waals surface area contributed by atoms with Gasteiger partial charge >= 0.3 is 0 Å². The molecule has 0 saturated heterocycles. The first-order valence-electron chi connectivity index (χ1n) is 13.9. The van der Waals surface area contributed by atoms with Crippen molar-refractivity contribution in [3.05, 3.63) is 0 Å². The van der Waals surface area contributed by atoms with Gasteiger partial charge in [0.1, 0.15) is 0 Å². The van der Waals surface area contributed by atoms with Gasteiger partial charge in [0, 0.05) is 6.61 Å². The Morgan fingerprint density at radius 2 is 1.17 bits per heavy atom. The molecule has 29 heavy (non-hydrogen) atoms. The van der Waals surface area contributed by atoms with Crippen molar-refractivity contribution in [3.63, 3.8) is 0 Å². The smallest absolute Gasteiger partial charge is 0.0682 e. The van der Waals surface area contributed by atoms with Crippen molar-refractivity contribution in [2.75, 3.05) is 6.61 Å². The fourth-order valence-corrected chi connectivity index (χ4v) is 6.45. The summed E-state index contributed by atoms with van der Waals surface area (Å²) in [6.07, 6.45) is 28.8. The van der Waals surface area contributed by atoms with E-state index in [1.54, 1.807) is 0 Å². The first-order chi connectivity index (χ1) is 14.2. The highest BCUT2D eigenvalue weighted by atomic mass is 16.5. The Labute approximate surface area is 184 Å². The monoisotopic (exact) mass is 406 g/mol. The summed E-state index contributed by atoms with van der Waals surface area (Å²) in [6.45, 7) is 7.74. The molecule has 1 nitrogen and oxygen atoms in total. The van der Waals surface area contributed by atoms with Crippen molar-refractivity contribution in [1.82, 2.24) is 0 Å². The van der Waals surface area contributed by atoms with Crippen LogP contribution in [0.1, 0.15) is 149 Å². The van der Waals surface area contributed by atoms with Crippen molar-refractivity contribution in [1.29, 1.82) is 0 Å². The van der Waals surface area contributed by atoms with E-state index in [1.165, 1.54) is 128 Å². The van der Waals surface area contributed by atoms with E-state index in [1.807, 2.05) is 0 Å². The van der Waals surface area contributed by atoms with Crippen molar-refractivity contribution < 1.29 is 4.74 Å². The quantitative estimate of drug-likeness (QED) is 0.246. The van der Waals surface area contributed by atoms with Gasteiger partial charge in [-0.1, -0.05) is 97.3 Å². The summed E-state index contributed by atoms with van der Waals surface area (Å²) in [5, 5.41) is 0. The minimum absolute atomic E-state index is 0.243. The van der Waals surface area contributed by atoms with Crippen LogP contribution < -0.4 is 0 Å². The minimum atomic E-state index is 0.243. The van der Waals surface area contributed by atoms with Crippen LogP contribution in [0.15, 0.2) is 0 Å². The van der Waals surface area contributed by atoms with Gasteiger partial charge in [0.25, 0.3) is 0 Å². The van der Waals surface area contributed by atoms with E-state index < -0.39 is 0 Å². The van der Waals surface area contributed by atoms with Crippen LogP contribution in [0.5, 0.6) is 0 Å². The number of ether oxygens (including phenoxy) is 1. The molecular formula is C28H54O. The van der Waals surface area contributed by atoms with Crippen LogP contribution >= 0.6 is 0 Å². The van der Waals surface area contributed by atoms with Gasteiger partial charge < -0.3 is 4.74 Å². The minimum Gasteiger partial charge on any atom is -0.375 e. The molecule has 1 heteroatoms. The highest BCUT2D eigenvalue weighted by Crippen LogP contribution is 2.45. The van der Waals surface area contributed by atoms with E-state index in [-0.39, 0.29) is 5.60 Å². The van der Waals surface area contributed by atoms with Gasteiger partial charge in [-0.3, -0.25) is 0 Å². The summed E-state index contributed by atoms with van der Waals surface area (Å²) in [7, 11) is 0. The van der Waals surface area contributed by atoms with E-state index in [0.29, 0.717) is 0 Å². The van der Waals surface area contributed by atoms with E-state index >= 15 is 0 Å². The summed E-state index contributed by atoms with van der Waals surface area (Å²) < 4.78 is 6.40. The topological polar surface area (TPSA) is 9.23 Å². The van der Waals surface area contributed by atoms with Gasteiger partial charge in [-0.05, 0) is 69.6 Å². The largest absolute Gasteiger partial charge is 0.375 e. The zero-order chi connectivity index (χ0) is 20.8. The molecule has 0 atom stereocenters. The molecule has 0 radical (unpaired) electrons. The molecule has 0 spiro atoms. The summed E-state index contributed by atoms with van der Waals surface area (Å²) in [6, 6.07) is 0. The Morgan fingerprint density at radius 1 is 0.621 bits per heavy atom. The molecule has 2 aliphatic rings. The SMILES string of the molecule is CCCCCCCC1CCC(C2CCC(CCCCCCC)(OCC)CC2)CC1. The van der Waals surface area contributed by atoms with Crippen LogP contribution in [-0.2, 0) is 4.74 Å². The van der Waals surface area contributed by atoms with Crippen LogP contribution in [-0.4, -0.2) is 12.2 Å². The molecule has 2 aliphatic carbocycles. The van der Waals surface area contributed by atoms with Crippen LogP contribution in [0.3, 0.4) is 0 Å². The average Bonchev–Trinajstić information content (AvgIpc) is 2.75. The summed E-state index contributed by atoms with van der Waals surface area (Å²) in [5.41, 5.74) is 0.243. The van der Waals surface area contributed by atoms with Crippen molar-refractivity contribution >= 4 is 0 Å². The van der Waals surface area contributed by atoms with E-state index in [0.717, 1.165) is 24.4 Å². The number of hydrogen-bond donors (Lipinski definition) is 0. The van der Waals surface area contributed by atoms with Gasteiger partial charge in [-0.2, -0.15) is 0 Å². The van der Waals surface area contributed by atoms with Crippen molar-refractivity contribution in [3.8, 4) is 0 Å². The Hall–Kier alpha value is -0.0400. The number of rotatable bonds is 15. The standard InChI is InChI=1S/C28H54O/c1-4-7-9-11-13-15-25-16-18-26(19-17-25)27-20-23-28(24-21-27,29-6-3)22-14-12-10-8-5-2/h25-27H,4-24H2,1-3H3. The van der Waals surface area contributed by atoms with Crippen molar-refractivity contribution in [2.45, 2.75) is 155 Å². The first-order valence-corrected chi connectivity index (χ1v) is 13.9. The molecule has 0 aromatic heterocycles. The maximum atomic E-state index is 6.40. The third kappa shape index (κ3) is 9.32. The van der Waals surface area contributed by atoms with Crippen LogP contribution in [0.4, 0.5) is 0 Å². The summed E-state index contributed by atoms with van der Waals surface area (Å²) in [5.74, 6) is 3.10. The molecule has 172 valence electrons. The second kappa shape index (κ2) is 14.9. The summed E-state index contributed by atoms with van der Waals surface area (Å²) in [4.78, 5) is 0. The zero-order valence-corrected chi connectivity index (χ0v) is 20.5. The molecular weight excluding hydrogens is 352 g/mol. The molecule has 0 aromatic carbocycles. The maximum Gasteiger partial charge on any atom is 0.0682 e. The van der Waals surface area contributed by atoms with Gasteiger partial charge in [-0.15, -0.1) is 0 Å². The van der Waals surface area contributed by atoms with Crippen LogP contribution in [0.25, 0.3) is 0 Å². The van der Waals surface area contributed by atoms with Crippen LogP contribution in [0.2, 0.25) is 0 Å². The highest BCUT2D eigenvalue weighted by molar-refractivity contribution is 4.90. The molecule has 0 aromatic rings. The predicted octanol–water partition coefficient (Wildman–Crippen LogP) is 9.48. The zero-order valence-electron chi connectivity index (χ0n) is 20.5. The second-order valence-electron chi connectivity index (χ2n) is 10.6. The molecule has 0 unspecified atom stereocenters. The lowest BCUT2D eigenvalue weighted by Crippen LogP contribution is -2.39. The summed E-state index contributed by atoms with van der Waals surface area (Å²) >= 11 is 0. The van der Waals surface area contributed by atoms with Gasteiger partial charge in [0.15, 0.2) is 0 Å². The predicted molar refractivity (Wildman–Crippen MR) is 129 cm³/mol. The molecule has 0 aliphatic heterocycles. The van der Waals surface area contributed by atoms with Crippen molar-refractivity contribution in [2.24, 2.45) is 17.8 Å². The van der Waals surface area contributed by atoms with E-state index in [4.69, 9.17) is 4.74 Å². The molecule has 0 amide bonds. The fourth-order valence-electron chi connectivity index (χ4n) is 6.45. The number of hydrogen-bond acceptors (Lipinski definition) is 1. The Balaban J connectivity index is 1.64. The lowest BCUT2D eigenvalue weighted by Gasteiger charge is -2.44. The molecule has 0 N–H and O–H groups in total. The highest BCUT2D eigenvalue weighted by Gasteiger charge is 2.38. The van der Waals surface area contributed by atoms with E-state index in [2.05, 4.69) is 20.8 Å². The van der Waals surface area contributed by atoms with Gasteiger partial charge in [0.05, 0.1) is 5.60 Å². The molecule has 2 fully saturated rings. The van der Waals surface area contributed by atoms with E-state index in [9.17, 15) is 0 Å². The lowest BCUT2D eigenvalue weighted by molar-refractivity contribution is -0.0855. The molecule has 0 heterocycles. The Kier molecular flexibility index (Phi) is 12.9.